The fourth-order valence-electron chi connectivity index (χ4n) is 2.23. The summed E-state index contributed by atoms with van der Waals surface area (Å²) in [4.78, 5) is 15.5. The fourth-order valence-corrected chi connectivity index (χ4v) is 2.23. The summed E-state index contributed by atoms with van der Waals surface area (Å²) in [6.07, 6.45) is 4.05. The first kappa shape index (κ1) is 15.0. The summed E-state index contributed by atoms with van der Waals surface area (Å²) in [6, 6.07) is 14.2. The van der Waals surface area contributed by atoms with Gasteiger partial charge >= 0.3 is 6.09 Å². The molecule has 0 spiro atoms. The molecule has 4 heteroatoms. The molecule has 1 heterocycles. The molecular weight excluding hydrogens is 264 g/mol. The maximum atomic E-state index is 11.5. The van der Waals surface area contributed by atoms with Crippen molar-refractivity contribution in [2.24, 2.45) is 0 Å². The van der Waals surface area contributed by atoms with E-state index in [1.165, 1.54) is 11.1 Å². The smallest absolute Gasteiger partial charge is 0.407 e. The summed E-state index contributed by atoms with van der Waals surface area (Å²) in [5.41, 5.74) is 2.40. The van der Waals surface area contributed by atoms with Crippen LogP contribution >= 0.6 is 0 Å². The zero-order chi connectivity index (χ0) is 14.9. The van der Waals surface area contributed by atoms with Gasteiger partial charge in [0.15, 0.2) is 0 Å². The lowest BCUT2D eigenvalue weighted by molar-refractivity contribution is 0.151. The Morgan fingerprint density at radius 2 is 1.90 bits per heavy atom. The van der Waals surface area contributed by atoms with E-state index in [-0.39, 0.29) is 12.0 Å². The third-order valence-corrected chi connectivity index (χ3v) is 3.27. The Balaban J connectivity index is 2.06. The van der Waals surface area contributed by atoms with Gasteiger partial charge in [-0.25, -0.2) is 4.79 Å². The minimum atomic E-state index is -0.367. The normalized spacial score (nSPS) is 11.7. The van der Waals surface area contributed by atoms with Crippen molar-refractivity contribution >= 4 is 6.09 Å². The Bertz CT molecular complexity index is 543. The minimum Gasteiger partial charge on any atom is -0.450 e. The van der Waals surface area contributed by atoms with Crippen LogP contribution in [0.2, 0.25) is 0 Å². The summed E-state index contributed by atoms with van der Waals surface area (Å²) >= 11 is 0. The molecule has 0 aliphatic rings. The number of aromatic nitrogens is 1. The van der Waals surface area contributed by atoms with Crippen LogP contribution in [0, 0.1) is 0 Å². The Kier molecular flexibility index (Phi) is 5.76. The molecule has 1 atom stereocenters. The first-order valence-corrected chi connectivity index (χ1v) is 7.14. The molecule has 2 aromatic rings. The maximum absolute atomic E-state index is 11.5. The zero-order valence-corrected chi connectivity index (χ0v) is 12.2. The van der Waals surface area contributed by atoms with Crippen molar-refractivity contribution in [1.29, 1.82) is 0 Å². The molecule has 0 radical (unpaired) electrons. The predicted octanol–water partition coefficient (Wildman–Crippen LogP) is 3.15. The van der Waals surface area contributed by atoms with Gasteiger partial charge in [0, 0.05) is 24.9 Å². The number of hydrogen-bond acceptors (Lipinski definition) is 3. The van der Waals surface area contributed by atoms with Gasteiger partial charge in [-0.2, -0.15) is 0 Å². The molecule has 0 saturated carbocycles. The maximum Gasteiger partial charge on any atom is 0.407 e. The predicted molar refractivity (Wildman–Crippen MR) is 82.1 cm³/mol. The van der Waals surface area contributed by atoms with E-state index in [9.17, 15) is 4.79 Å². The lowest BCUT2D eigenvalue weighted by Crippen LogP contribution is -2.29. The fraction of sp³-hybridized carbons (Fsp3) is 0.294. The third kappa shape index (κ3) is 4.91. The quantitative estimate of drug-likeness (QED) is 0.886. The Labute approximate surface area is 125 Å². The van der Waals surface area contributed by atoms with Gasteiger partial charge < -0.3 is 10.1 Å². The van der Waals surface area contributed by atoms with E-state index in [2.05, 4.69) is 22.4 Å². The van der Waals surface area contributed by atoms with Crippen molar-refractivity contribution in [1.82, 2.24) is 10.3 Å². The van der Waals surface area contributed by atoms with Crippen LogP contribution in [0.3, 0.4) is 0 Å². The SMILES string of the molecule is CCOC(=O)NCC(Cc1ccncc1)c1ccccc1. The van der Waals surface area contributed by atoms with E-state index in [1.54, 1.807) is 19.3 Å². The molecule has 0 saturated heterocycles. The first-order chi connectivity index (χ1) is 10.3. The number of amides is 1. The molecule has 1 N–H and O–H groups in total. The highest BCUT2D eigenvalue weighted by molar-refractivity contribution is 5.67. The first-order valence-electron chi connectivity index (χ1n) is 7.14. The molecule has 0 aliphatic carbocycles. The number of nitrogens with zero attached hydrogens (tertiary/aromatic N) is 1. The zero-order valence-electron chi connectivity index (χ0n) is 12.2. The number of hydrogen-bond donors (Lipinski definition) is 1. The lowest BCUT2D eigenvalue weighted by atomic mass is 9.92. The van der Waals surface area contributed by atoms with Gasteiger partial charge in [-0.15, -0.1) is 0 Å². The summed E-state index contributed by atoms with van der Waals surface area (Å²) in [5.74, 6) is 0.206. The minimum absolute atomic E-state index is 0.206. The van der Waals surface area contributed by atoms with Crippen molar-refractivity contribution in [3.8, 4) is 0 Å². The highest BCUT2D eigenvalue weighted by Crippen LogP contribution is 2.20. The second-order valence-corrected chi connectivity index (χ2v) is 4.77. The Hall–Kier alpha value is -2.36. The largest absolute Gasteiger partial charge is 0.450 e. The van der Waals surface area contributed by atoms with Gasteiger partial charge in [-0.3, -0.25) is 4.98 Å². The number of pyridine rings is 1. The highest BCUT2D eigenvalue weighted by atomic mass is 16.5. The summed E-state index contributed by atoms with van der Waals surface area (Å²) in [5, 5.41) is 2.83. The molecule has 21 heavy (non-hydrogen) atoms. The number of ether oxygens (including phenoxy) is 1. The topological polar surface area (TPSA) is 51.2 Å². The Morgan fingerprint density at radius 1 is 1.19 bits per heavy atom. The van der Waals surface area contributed by atoms with E-state index in [1.807, 2.05) is 30.3 Å². The summed E-state index contributed by atoms with van der Waals surface area (Å²) in [7, 11) is 0. The number of rotatable bonds is 6. The average molecular weight is 284 g/mol. The molecule has 4 nitrogen and oxygen atoms in total. The number of alkyl carbamates (subject to hydrolysis) is 1. The molecule has 1 amide bonds. The van der Waals surface area contributed by atoms with Crippen molar-refractivity contribution in [3.63, 3.8) is 0 Å². The van der Waals surface area contributed by atoms with Crippen LogP contribution < -0.4 is 5.32 Å². The second-order valence-electron chi connectivity index (χ2n) is 4.77. The molecule has 2 rings (SSSR count). The van der Waals surface area contributed by atoms with Gasteiger partial charge in [0.1, 0.15) is 0 Å². The third-order valence-electron chi connectivity index (χ3n) is 3.27. The van der Waals surface area contributed by atoms with Crippen molar-refractivity contribution in [2.45, 2.75) is 19.3 Å². The van der Waals surface area contributed by atoms with Crippen LogP contribution in [-0.2, 0) is 11.2 Å². The number of nitrogens with one attached hydrogen (secondary N) is 1. The van der Waals surface area contributed by atoms with Gasteiger partial charge in [-0.1, -0.05) is 30.3 Å². The van der Waals surface area contributed by atoms with Crippen LogP contribution in [-0.4, -0.2) is 24.2 Å². The highest BCUT2D eigenvalue weighted by Gasteiger charge is 2.14. The number of benzene rings is 1. The Morgan fingerprint density at radius 3 is 2.57 bits per heavy atom. The van der Waals surface area contributed by atoms with E-state index < -0.39 is 0 Å². The monoisotopic (exact) mass is 284 g/mol. The standard InChI is InChI=1S/C17H20N2O2/c1-2-21-17(20)19-13-16(15-6-4-3-5-7-15)12-14-8-10-18-11-9-14/h3-11,16H,2,12-13H2,1H3,(H,19,20). The molecule has 1 unspecified atom stereocenters. The number of carbonyl (C=O) groups excluding carboxylic acids is 1. The second kappa shape index (κ2) is 8.04. The van der Waals surface area contributed by atoms with Crippen LogP contribution in [0.15, 0.2) is 54.9 Å². The molecule has 0 fully saturated rings. The number of carbonyl (C=O) groups is 1. The average Bonchev–Trinajstić information content (AvgIpc) is 2.53. The van der Waals surface area contributed by atoms with Crippen molar-refractivity contribution < 1.29 is 9.53 Å². The summed E-state index contributed by atoms with van der Waals surface area (Å²) < 4.78 is 4.92. The van der Waals surface area contributed by atoms with Crippen LogP contribution in [0.1, 0.15) is 24.0 Å². The van der Waals surface area contributed by atoms with E-state index in [0.717, 1.165) is 6.42 Å². The van der Waals surface area contributed by atoms with Crippen molar-refractivity contribution in [3.05, 3.63) is 66.0 Å². The van der Waals surface area contributed by atoms with E-state index >= 15 is 0 Å². The van der Waals surface area contributed by atoms with Gasteiger partial charge in [0.05, 0.1) is 6.61 Å². The van der Waals surface area contributed by atoms with Gasteiger partial charge in [0.25, 0.3) is 0 Å². The lowest BCUT2D eigenvalue weighted by Gasteiger charge is -2.18. The van der Waals surface area contributed by atoms with Gasteiger partial charge in [0.2, 0.25) is 0 Å². The van der Waals surface area contributed by atoms with Crippen molar-refractivity contribution in [2.75, 3.05) is 13.2 Å². The molecular formula is C17H20N2O2. The van der Waals surface area contributed by atoms with Crippen LogP contribution in [0.5, 0.6) is 0 Å². The molecule has 0 bridgehead atoms. The molecule has 1 aromatic heterocycles. The van der Waals surface area contributed by atoms with Gasteiger partial charge in [-0.05, 0) is 36.6 Å². The van der Waals surface area contributed by atoms with Crippen LogP contribution in [0.4, 0.5) is 4.79 Å². The molecule has 1 aromatic carbocycles. The van der Waals surface area contributed by atoms with Crippen LogP contribution in [0.25, 0.3) is 0 Å². The molecule has 0 aliphatic heterocycles. The van der Waals surface area contributed by atoms with E-state index in [0.29, 0.717) is 13.2 Å². The molecule has 110 valence electrons. The summed E-state index contributed by atoms with van der Waals surface area (Å²) in [6.45, 7) is 2.72. The van der Waals surface area contributed by atoms with E-state index in [4.69, 9.17) is 4.74 Å².